The third-order valence-electron chi connectivity index (χ3n) is 2.81. The Bertz CT molecular complexity index is 152. The fraction of sp³-hybridized carbons (Fsp3) is 0.818. The van der Waals surface area contributed by atoms with Crippen LogP contribution in [0.5, 0.6) is 0 Å². The van der Waals surface area contributed by atoms with Gasteiger partial charge in [0.1, 0.15) is 0 Å². The maximum absolute atomic E-state index is 3.54. The fourth-order valence-corrected chi connectivity index (χ4v) is 1.56. The molecule has 1 heteroatoms. The van der Waals surface area contributed by atoms with Gasteiger partial charge in [0, 0.05) is 12.6 Å². The molecule has 0 radical (unpaired) electrons. The molecule has 1 unspecified atom stereocenters. The lowest BCUT2D eigenvalue weighted by Crippen LogP contribution is -2.37. The van der Waals surface area contributed by atoms with Gasteiger partial charge in [-0.3, -0.25) is 0 Å². The molecule has 1 aliphatic carbocycles. The lowest BCUT2D eigenvalue weighted by Gasteiger charge is -2.31. The van der Waals surface area contributed by atoms with Crippen molar-refractivity contribution in [2.24, 2.45) is 5.92 Å². The Morgan fingerprint density at radius 2 is 2.17 bits per heavy atom. The van der Waals surface area contributed by atoms with Gasteiger partial charge in [0.2, 0.25) is 0 Å². The highest BCUT2D eigenvalue weighted by Gasteiger charge is 2.22. The molecule has 1 fully saturated rings. The van der Waals surface area contributed by atoms with E-state index in [9.17, 15) is 0 Å². The Morgan fingerprint density at radius 3 is 2.58 bits per heavy atom. The second-order valence-corrected chi connectivity index (χ2v) is 4.17. The lowest BCUT2D eigenvalue weighted by molar-refractivity contribution is 0.245. The molecule has 0 aromatic rings. The van der Waals surface area contributed by atoms with E-state index in [-0.39, 0.29) is 0 Å². The molecule has 1 aliphatic rings. The third kappa shape index (κ3) is 2.98. The van der Waals surface area contributed by atoms with Crippen LogP contribution in [0.3, 0.4) is 0 Å². The van der Waals surface area contributed by atoms with E-state index in [1.165, 1.54) is 24.8 Å². The zero-order valence-corrected chi connectivity index (χ0v) is 8.56. The van der Waals surface area contributed by atoms with Crippen LogP contribution in [0.1, 0.15) is 40.0 Å². The SMILES string of the molecule is CC(C)=CCNC(C)C1CCC1. The van der Waals surface area contributed by atoms with Crippen LogP contribution in [-0.4, -0.2) is 12.6 Å². The van der Waals surface area contributed by atoms with E-state index in [2.05, 4.69) is 32.2 Å². The van der Waals surface area contributed by atoms with Crippen LogP contribution in [-0.2, 0) is 0 Å². The van der Waals surface area contributed by atoms with Gasteiger partial charge in [-0.2, -0.15) is 0 Å². The predicted molar refractivity (Wildman–Crippen MR) is 54.2 cm³/mol. The molecule has 0 aromatic heterocycles. The summed E-state index contributed by atoms with van der Waals surface area (Å²) in [6.45, 7) is 7.65. The van der Waals surface area contributed by atoms with Gasteiger partial charge in [0.25, 0.3) is 0 Å². The highest BCUT2D eigenvalue weighted by Crippen LogP contribution is 2.29. The van der Waals surface area contributed by atoms with E-state index >= 15 is 0 Å². The monoisotopic (exact) mass is 167 g/mol. The van der Waals surface area contributed by atoms with Crippen molar-refractivity contribution in [1.82, 2.24) is 5.32 Å². The number of rotatable bonds is 4. The van der Waals surface area contributed by atoms with E-state index in [1.54, 1.807) is 0 Å². The summed E-state index contributed by atoms with van der Waals surface area (Å²) in [4.78, 5) is 0. The van der Waals surface area contributed by atoms with Crippen molar-refractivity contribution in [2.75, 3.05) is 6.54 Å². The maximum atomic E-state index is 3.54. The van der Waals surface area contributed by atoms with E-state index in [1.807, 2.05) is 0 Å². The fourth-order valence-electron chi connectivity index (χ4n) is 1.56. The summed E-state index contributed by atoms with van der Waals surface area (Å²) in [6.07, 6.45) is 6.57. The van der Waals surface area contributed by atoms with Crippen LogP contribution in [0.25, 0.3) is 0 Å². The minimum Gasteiger partial charge on any atom is -0.311 e. The molecule has 0 saturated heterocycles. The molecule has 70 valence electrons. The summed E-state index contributed by atoms with van der Waals surface area (Å²) in [5, 5.41) is 3.54. The van der Waals surface area contributed by atoms with Crippen LogP contribution in [0.15, 0.2) is 11.6 Å². The summed E-state index contributed by atoms with van der Waals surface area (Å²) in [5.74, 6) is 0.954. The van der Waals surface area contributed by atoms with Crippen LogP contribution in [0, 0.1) is 5.92 Å². The first kappa shape index (κ1) is 9.79. The van der Waals surface area contributed by atoms with Crippen molar-refractivity contribution in [3.8, 4) is 0 Å². The van der Waals surface area contributed by atoms with E-state index in [4.69, 9.17) is 0 Å². The molecule has 1 atom stereocenters. The molecular formula is C11H21N. The molecule has 1 saturated carbocycles. The topological polar surface area (TPSA) is 12.0 Å². The molecule has 1 N–H and O–H groups in total. The Hall–Kier alpha value is -0.300. The number of allylic oxidation sites excluding steroid dienone is 1. The lowest BCUT2D eigenvalue weighted by atomic mass is 9.80. The van der Waals surface area contributed by atoms with Crippen LogP contribution < -0.4 is 5.32 Å². The van der Waals surface area contributed by atoms with Gasteiger partial charge in [-0.15, -0.1) is 0 Å². The largest absolute Gasteiger partial charge is 0.311 e. The Morgan fingerprint density at radius 1 is 1.50 bits per heavy atom. The summed E-state index contributed by atoms with van der Waals surface area (Å²) >= 11 is 0. The molecule has 1 nitrogen and oxygen atoms in total. The molecule has 0 amide bonds. The Balaban J connectivity index is 2.09. The summed E-state index contributed by atoms with van der Waals surface area (Å²) in [5.41, 5.74) is 1.41. The minimum absolute atomic E-state index is 0.717. The van der Waals surface area contributed by atoms with Crippen molar-refractivity contribution >= 4 is 0 Å². The van der Waals surface area contributed by atoms with Gasteiger partial charge in [0.05, 0.1) is 0 Å². The highest BCUT2D eigenvalue weighted by molar-refractivity contribution is 4.95. The van der Waals surface area contributed by atoms with Crippen LogP contribution in [0.2, 0.25) is 0 Å². The number of nitrogens with one attached hydrogen (secondary N) is 1. The molecular weight excluding hydrogens is 146 g/mol. The average molecular weight is 167 g/mol. The van der Waals surface area contributed by atoms with Crippen molar-refractivity contribution in [2.45, 2.75) is 46.1 Å². The Kier molecular flexibility index (Phi) is 3.80. The van der Waals surface area contributed by atoms with Gasteiger partial charge in [-0.1, -0.05) is 18.1 Å². The van der Waals surface area contributed by atoms with Gasteiger partial charge >= 0.3 is 0 Å². The summed E-state index contributed by atoms with van der Waals surface area (Å²) < 4.78 is 0. The minimum atomic E-state index is 0.717. The van der Waals surface area contributed by atoms with Crippen molar-refractivity contribution in [1.29, 1.82) is 0 Å². The molecule has 12 heavy (non-hydrogen) atoms. The summed E-state index contributed by atoms with van der Waals surface area (Å²) in [6, 6.07) is 0.717. The molecule has 0 spiro atoms. The zero-order valence-electron chi connectivity index (χ0n) is 8.56. The second-order valence-electron chi connectivity index (χ2n) is 4.17. The zero-order chi connectivity index (χ0) is 8.97. The van der Waals surface area contributed by atoms with Gasteiger partial charge in [-0.05, 0) is 39.5 Å². The molecule has 0 heterocycles. The standard InChI is InChI=1S/C11H21N/c1-9(2)7-8-12-10(3)11-5-4-6-11/h7,10-12H,4-6,8H2,1-3H3. The molecule has 0 bridgehead atoms. The molecule has 0 aliphatic heterocycles. The van der Waals surface area contributed by atoms with E-state index in [0.717, 1.165) is 12.5 Å². The van der Waals surface area contributed by atoms with Crippen molar-refractivity contribution in [3.63, 3.8) is 0 Å². The van der Waals surface area contributed by atoms with Gasteiger partial charge in [-0.25, -0.2) is 0 Å². The van der Waals surface area contributed by atoms with Crippen molar-refractivity contribution in [3.05, 3.63) is 11.6 Å². The predicted octanol–water partition coefficient (Wildman–Crippen LogP) is 2.73. The second kappa shape index (κ2) is 4.66. The smallest absolute Gasteiger partial charge is 0.0139 e. The molecule has 1 rings (SSSR count). The first-order valence-electron chi connectivity index (χ1n) is 5.07. The van der Waals surface area contributed by atoms with Crippen molar-refractivity contribution < 1.29 is 0 Å². The van der Waals surface area contributed by atoms with Gasteiger partial charge < -0.3 is 5.32 Å². The highest BCUT2D eigenvalue weighted by atomic mass is 14.9. The average Bonchev–Trinajstić information content (AvgIpc) is 1.81. The van der Waals surface area contributed by atoms with Crippen LogP contribution >= 0.6 is 0 Å². The number of hydrogen-bond acceptors (Lipinski definition) is 1. The molecule has 0 aromatic carbocycles. The summed E-state index contributed by atoms with van der Waals surface area (Å²) in [7, 11) is 0. The van der Waals surface area contributed by atoms with Crippen LogP contribution in [0.4, 0.5) is 0 Å². The normalized spacial score (nSPS) is 19.9. The van der Waals surface area contributed by atoms with E-state index in [0.29, 0.717) is 6.04 Å². The Labute approximate surface area is 76.2 Å². The third-order valence-corrected chi connectivity index (χ3v) is 2.81. The quantitative estimate of drug-likeness (QED) is 0.635. The number of hydrogen-bond donors (Lipinski definition) is 1. The first-order valence-corrected chi connectivity index (χ1v) is 5.07. The maximum Gasteiger partial charge on any atom is 0.0139 e. The van der Waals surface area contributed by atoms with E-state index < -0.39 is 0 Å². The first-order chi connectivity index (χ1) is 5.70. The van der Waals surface area contributed by atoms with Gasteiger partial charge in [0.15, 0.2) is 0 Å².